The Morgan fingerprint density at radius 3 is 2.23 bits per heavy atom. The highest BCUT2D eigenvalue weighted by atomic mass is 35.5. The lowest BCUT2D eigenvalue weighted by atomic mass is 10.1. The maximum Gasteiger partial charge on any atom is 0.416 e. The second-order valence-corrected chi connectivity index (χ2v) is 10.2. The number of halogens is 4. The first kappa shape index (κ1) is 29.7. The molecule has 0 spiro atoms. The number of amides is 1. The number of allylic oxidation sites excluding steroid dienone is 1. The summed E-state index contributed by atoms with van der Waals surface area (Å²) in [7, 11) is -1.55. The van der Waals surface area contributed by atoms with E-state index in [0.717, 1.165) is 12.1 Å². The van der Waals surface area contributed by atoms with Crippen molar-refractivity contribution in [1.82, 2.24) is 10.9 Å². The number of hydrazine groups is 1. The molecule has 0 aliphatic heterocycles. The molecule has 0 saturated heterocycles. The van der Waals surface area contributed by atoms with Crippen LogP contribution in [0.5, 0.6) is 11.5 Å². The van der Waals surface area contributed by atoms with E-state index in [1.807, 2.05) is 0 Å². The summed E-state index contributed by atoms with van der Waals surface area (Å²) in [6.45, 7) is 0.813. The number of hydrogen-bond acceptors (Lipinski definition) is 6. The molecular weight excluding hydrogens is 559 g/mol. The molecular formula is C26H25ClF3N3O5S. The zero-order valence-electron chi connectivity index (χ0n) is 21.0. The Balaban J connectivity index is 1.92. The highest BCUT2D eigenvalue weighted by molar-refractivity contribution is 7.92. The van der Waals surface area contributed by atoms with Gasteiger partial charge in [-0.25, -0.2) is 8.42 Å². The SMILES string of the molecule is CC=C(NNC(=O)CN(c1cc(C(F)(F)F)ccc1Cl)S(=O)(=O)c1ccccc1)c1ccc(OC)c(OC)c1. The van der Waals surface area contributed by atoms with Gasteiger partial charge >= 0.3 is 6.18 Å². The monoisotopic (exact) mass is 583 g/mol. The van der Waals surface area contributed by atoms with E-state index in [1.165, 1.54) is 38.5 Å². The largest absolute Gasteiger partial charge is 0.493 e. The van der Waals surface area contributed by atoms with E-state index in [9.17, 15) is 26.4 Å². The highest BCUT2D eigenvalue weighted by Crippen LogP contribution is 2.37. The van der Waals surface area contributed by atoms with Gasteiger partial charge in [0.1, 0.15) is 6.54 Å². The van der Waals surface area contributed by atoms with Crippen LogP contribution in [0.2, 0.25) is 5.02 Å². The molecule has 0 unspecified atom stereocenters. The number of benzene rings is 3. The number of nitrogens with one attached hydrogen (secondary N) is 2. The summed E-state index contributed by atoms with van der Waals surface area (Å²) in [5.41, 5.74) is 4.49. The molecule has 208 valence electrons. The minimum atomic E-state index is -4.77. The molecule has 0 saturated carbocycles. The van der Waals surface area contributed by atoms with Gasteiger partial charge < -0.3 is 9.47 Å². The average Bonchev–Trinajstić information content (AvgIpc) is 2.92. The Bertz CT molecular complexity index is 1470. The van der Waals surface area contributed by atoms with Gasteiger partial charge in [-0.3, -0.25) is 20.0 Å². The van der Waals surface area contributed by atoms with E-state index in [-0.39, 0.29) is 9.92 Å². The number of anilines is 1. The van der Waals surface area contributed by atoms with Crippen molar-refractivity contribution < 1.29 is 35.9 Å². The number of nitrogens with zero attached hydrogens (tertiary/aromatic N) is 1. The third-order valence-electron chi connectivity index (χ3n) is 5.48. The smallest absolute Gasteiger partial charge is 0.416 e. The number of sulfonamides is 1. The standard InChI is InChI=1S/C26H25ClF3N3O5S/c1-4-21(17-10-13-23(37-2)24(14-17)38-3)31-32-25(34)16-33(39(35,36)19-8-6-5-7-9-19)22-15-18(26(28,29)30)11-12-20(22)27/h4-15,31H,16H2,1-3H3,(H,32,34). The van der Waals surface area contributed by atoms with Crippen LogP contribution >= 0.6 is 11.6 Å². The molecule has 3 aromatic carbocycles. The van der Waals surface area contributed by atoms with Crippen LogP contribution in [0.25, 0.3) is 5.70 Å². The van der Waals surface area contributed by atoms with Crippen LogP contribution in [0.3, 0.4) is 0 Å². The van der Waals surface area contributed by atoms with Crippen molar-refractivity contribution in [3.05, 3.63) is 89.0 Å². The van der Waals surface area contributed by atoms with Crippen LogP contribution in [-0.2, 0) is 21.0 Å². The van der Waals surface area contributed by atoms with Crippen LogP contribution in [-0.4, -0.2) is 35.1 Å². The van der Waals surface area contributed by atoms with Gasteiger partial charge in [0, 0.05) is 5.56 Å². The van der Waals surface area contributed by atoms with Gasteiger partial charge in [-0.2, -0.15) is 13.2 Å². The van der Waals surface area contributed by atoms with Crippen molar-refractivity contribution in [3.8, 4) is 11.5 Å². The molecule has 1 amide bonds. The van der Waals surface area contributed by atoms with Gasteiger partial charge in [-0.15, -0.1) is 0 Å². The molecule has 0 fully saturated rings. The molecule has 0 bridgehead atoms. The van der Waals surface area contributed by atoms with E-state index in [1.54, 1.807) is 37.3 Å². The lowest BCUT2D eigenvalue weighted by Crippen LogP contribution is -2.45. The van der Waals surface area contributed by atoms with E-state index in [2.05, 4.69) is 10.9 Å². The molecule has 0 radical (unpaired) electrons. The molecule has 3 aromatic rings. The Labute approximate surface area is 229 Å². The molecule has 13 heteroatoms. The maximum absolute atomic E-state index is 13.5. The molecule has 0 aromatic heterocycles. The Hall–Kier alpha value is -3.90. The topological polar surface area (TPSA) is 97.0 Å². The van der Waals surface area contributed by atoms with Crippen molar-refractivity contribution in [2.45, 2.75) is 18.0 Å². The first-order chi connectivity index (χ1) is 18.4. The summed E-state index contributed by atoms with van der Waals surface area (Å²) in [6, 6.07) is 14.2. The van der Waals surface area contributed by atoms with Gasteiger partial charge in [0.15, 0.2) is 11.5 Å². The van der Waals surface area contributed by atoms with Crippen molar-refractivity contribution in [3.63, 3.8) is 0 Å². The van der Waals surface area contributed by atoms with Gasteiger partial charge in [0.25, 0.3) is 15.9 Å². The van der Waals surface area contributed by atoms with Crippen LogP contribution in [0.1, 0.15) is 18.1 Å². The molecule has 39 heavy (non-hydrogen) atoms. The van der Waals surface area contributed by atoms with Crippen LogP contribution in [0.4, 0.5) is 18.9 Å². The molecule has 0 aliphatic rings. The lowest BCUT2D eigenvalue weighted by molar-refractivity contribution is -0.137. The summed E-state index contributed by atoms with van der Waals surface area (Å²) in [4.78, 5) is 12.7. The highest BCUT2D eigenvalue weighted by Gasteiger charge is 2.34. The fourth-order valence-electron chi connectivity index (χ4n) is 3.52. The van der Waals surface area contributed by atoms with Crippen LogP contribution in [0, 0.1) is 0 Å². The number of methoxy groups -OCH3 is 2. The molecule has 0 atom stereocenters. The number of alkyl halides is 3. The van der Waals surface area contributed by atoms with E-state index in [0.29, 0.717) is 33.1 Å². The van der Waals surface area contributed by atoms with E-state index in [4.69, 9.17) is 21.1 Å². The number of ether oxygens (including phenoxy) is 2. The van der Waals surface area contributed by atoms with Gasteiger partial charge in [-0.05, 0) is 55.5 Å². The van der Waals surface area contributed by atoms with Gasteiger partial charge in [0.2, 0.25) is 0 Å². The normalized spacial score (nSPS) is 12.0. The van der Waals surface area contributed by atoms with Crippen LogP contribution < -0.4 is 24.6 Å². The summed E-state index contributed by atoms with van der Waals surface area (Å²) >= 11 is 6.15. The Kier molecular flexibility index (Phi) is 9.36. The fourth-order valence-corrected chi connectivity index (χ4v) is 5.24. The zero-order valence-corrected chi connectivity index (χ0v) is 22.6. The number of hydrogen-bond donors (Lipinski definition) is 2. The summed E-state index contributed by atoms with van der Waals surface area (Å²) in [5, 5.41) is -0.289. The Morgan fingerprint density at radius 2 is 1.64 bits per heavy atom. The summed E-state index contributed by atoms with van der Waals surface area (Å²) in [5.74, 6) is 0.0464. The quantitative estimate of drug-likeness (QED) is 0.316. The minimum Gasteiger partial charge on any atom is -0.493 e. The molecule has 3 rings (SSSR count). The molecule has 2 N–H and O–H groups in total. The van der Waals surface area contributed by atoms with Crippen molar-refractivity contribution in [2.24, 2.45) is 0 Å². The predicted molar refractivity (Wildman–Crippen MR) is 142 cm³/mol. The number of carbonyl (C=O) groups excluding carboxylic acids is 1. The second-order valence-electron chi connectivity index (χ2n) is 7.93. The third-order valence-corrected chi connectivity index (χ3v) is 7.57. The molecule has 8 nitrogen and oxygen atoms in total. The third kappa shape index (κ3) is 6.95. The van der Waals surface area contributed by atoms with Crippen molar-refractivity contribution in [2.75, 3.05) is 25.1 Å². The van der Waals surface area contributed by atoms with E-state index >= 15 is 0 Å². The van der Waals surface area contributed by atoms with Gasteiger partial charge in [-0.1, -0.05) is 35.9 Å². The fraction of sp³-hybridized carbons (Fsp3) is 0.192. The minimum absolute atomic E-state index is 0.237. The van der Waals surface area contributed by atoms with Crippen molar-refractivity contribution >= 4 is 38.9 Å². The maximum atomic E-state index is 13.5. The van der Waals surface area contributed by atoms with Gasteiger partial charge in [0.05, 0.1) is 41.1 Å². The lowest BCUT2D eigenvalue weighted by Gasteiger charge is -2.26. The average molecular weight is 584 g/mol. The van der Waals surface area contributed by atoms with Crippen LogP contribution in [0.15, 0.2) is 77.7 Å². The number of rotatable bonds is 10. The van der Waals surface area contributed by atoms with E-state index < -0.39 is 39.9 Å². The summed E-state index contributed by atoms with van der Waals surface area (Å²) < 4.78 is 78.3. The molecule has 0 aliphatic carbocycles. The first-order valence-corrected chi connectivity index (χ1v) is 13.1. The number of carbonyl (C=O) groups is 1. The predicted octanol–water partition coefficient (Wildman–Crippen LogP) is 5.25. The summed E-state index contributed by atoms with van der Waals surface area (Å²) in [6.07, 6.45) is -3.13. The Morgan fingerprint density at radius 1 is 0.974 bits per heavy atom. The molecule has 0 heterocycles. The first-order valence-electron chi connectivity index (χ1n) is 11.3. The zero-order chi connectivity index (χ0) is 28.8. The van der Waals surface area contributed by atoms with Crippen molar-refractivity contribution in [1.29, 1.82) is 0 Å². The second kappa shape index (κ2) is 12.3.